The number of carbonyl (C=O) groups is 2. The molecule has 0 atom stereocenters. The monoisotopic (exact) mass is 278 g/mol. The summed E-state index contributed by atoms with van der Waals surface area (Å²) >= 11 is 0. The van der Waals surface area contributed by atoms with Gasteiger partial charge in [0.2, 0.25) is 5.71 Å². The van der Waals surface area contributed by atoms with Crippen molar-refractivity contribution in [2.24, 2.45) is 4.99 Å². The van der Waals surface area contributed by atoms with Gasteiger partial charge in [0.05, 0.1) is 24.1 Å². The minimum absolute atomic E-state index is 0.353. The smallest absolute Gasteiger partial charge is 0.364 e. The van der Waals surface area contributed by atoms with E-state index in [-0.39, 0.29) is 17.9 Å². The minimum Gasteiger partial charge on any atom is -0.458 e. The molecule has 0 saturated carbocycles. The summed E-state index contributed by atoms with van der Waals surface area (Å²) in [6, 6.07) is 3.27. The fraction of sp³-hybridized carbons (Fsp3) is 0.429. The number of hydrogen-bond acceptors (Lipinski definition) is 6. The van der Waals surface area contributed by atoms with Crippen molar-refractivity contribution < 1.29 is 19.1 Å². The Bertz CT molecular complexity index is 471. The highest BCUT2D eigenvalue weighted by Gasteiger charge is 2.25. The van der Waals surface area contributed by atoms with Crippen molar-refractivity contribution in [3.8, 4) is 0 Å². The molecule has 0 radical (unpaired) electrons. The summed E-state index contributed by atoms with van der Waals surface area (Å²) in [7, 11) is 0. The van der Waals surface area contributed by atoms with E-state index in [0.29, 0.717) is 5.69 Å². The molecular formula is C14H18N2O4. The normalized spacial score (nSPS) is 10.3. The summed E-state index contributed by atoms with van der Waals surface area (Å²) in [6.45, 7) is 6.75. The van der Waals surface area contributed by atoms with Gasteiger partial charge in [-0.15, -0.1) is 0 Å². The molecule has 0 aliphatic carbocycles. The molecule has 108 valence electrons. The third-order valence-electron chi connectivity index (χ3n) is 1.96. The number of hydrogen-bond donors (Lipinski definition) is 0. The van der Waals surface area contributed by atoms with Crippen LogP contribution in [0.2, 0.25) is 0 Å². The topological polar surface area (TPSA) is 77.9 Å². The summed E-state index contributed by atoms with van der Waals surface area (Å²) in [6.07, 6.45) is 2.30. The van der Waals surface area contributed by atoms with Crippen molar-refractivity contribution in [1.82, 2.24) is 4.98 Å². The molecule has 0 fully saturated rings. The van der Waals surface area contributed by atoms with E-state index in [0.717, 1.165) is 0 Å². The van der Waals surface area contributed by atoms with Gasteiger partial charge in [0.25, 0.3) is 0 Å². The highest BCUT2D eigenvalue weighted by atomic mass is 16.6. The first-order valence-corrected chi connectivity index (χ1v) is 6.30. The molecule has 1 heterocycles. The molecule has 0 aliphatic rings. The lowest BCUT2D eigenvalue weighted by atomic mass is 10.3. The van der Waals surface area contributed by atoms with Gasteiger partial charge in [-0.25, -0.2) is 14.6 Å². The molecule has 0 spiro atoms. The Morgan fingerprint density at radius 1 is 1.10 bits per heavy atom. The number of carbonyl (C=O) groups excluding carboxylic acids is 2. The third-order valence-corrected chi connectivity index (χ3v) is 1.96. The lowest BCUT2D eigenvalue weighted by Crippen LogP contribution is -2.31. The molecule has 0 unspecified atom stereocenters. The summed E-state index contributed by atoms with van der Waals surface area (Å²) in [5.41, 5.74) is -0.00990. The van der Waals surface area contributed by atoms with E-state index in [2.05, 4.69) is 9.98 Å². The molecule has 1 aromatic heterocycles. The van der Waals surface area contributed by atoms with Crippen molar-refractivity contribution in [3.63, 3.8) is 0 Å². The zero-order valence-corrected chi connectivity index (χ0v) is 12.0. The average molecular weight is 278 g/mol. The number of aromatic nitrogens is 1. The number of ether oxygens (including phenoxy) is 2. The van der Waals surface area contributed by atoms with Gasteiger partial charge in [0.15, 0.2) is 0 Å². The zero-order chi connectivity index (χ0) is 15.1. The second kappa shape index (κ2) is 7.37. The van der Waals surface area contributed by atoms with Gasteiger partial charge in [0.1, 0.15) is 0 Å². The van der Waals surface area contributed by atoms with Crippen LogP contribution < -0.4 is 0 Å². The van der Waals surface area contributed by atoms with Gasteiger partial charge in [0, 0.05) is 6.20 Å². The predicted molar refractivity (Wildman–Crippen MR) is 73.8 cm³/mol. The minimum atomic E-state index is -0.811. The van der Waals surface area contributed by atoms with Gasteiger partial charge < -0.3 is 9.47 Å². The van der Waals surface area contributed by atoms with E-state index in [1.165, 1.54) is 6.20 Å². The van der Waals surface area contributed by atoms with E-state index < -0.39 is 11.9 Å². The standard InChI is InChI=1S/C14H18N2O4/c1-9(2)19-13(17)12(14(18)20-10(3)4)16-11-6-5-7-15-8-11/h5-10H,1-4H3. The molecule has 0 bridgehead atoms. The Morgan fingerprint density at radius 2 is 1.65 bits per heavy atom. The Kier molecular flexibility index (Phi) is 5.83. The van der Waals surface area contributed by atoms with E-state index in [1.54, 1.807) is 46.0 Å². The van der Waals surface area contributed by atoms with E-state index in [4.69, 9.17) is 9.47 Å². The number of nitrogens with zero attached hydrogens (tertiary/aromatic N) is 2. The maximum absolute atomic E-state index is 11.9. The van der Waals surface area contributed by atoms with E-state index in [1.807, 2.05) is 0 Å². The van der Waals surface area contributed by atoms with Crippen molar-refractivity contribution in [3.05, 3.63) is 24.5 Å². The van der Waals surface area contributed by atoms with Crippen molar-refractivity contribution >= 4 is 23.3 Å². The lowest BCUT2D eigenvalue weighted by molar-refractivity contribution is -0.144. The number of aliphatic imine (C=N–C) groups is 1. The quantitative estimate of drug-likeness (QED) is 0.468. The fourth-order valence-electron chi connectivity index (χ4n) is 1.26. The Hall–Kier alpha value is -2.24. The lowest BCUT2D eigenvalue weighted by Gasteiger charge is -2.11. The van der Waals surface area contributed by atoms with Gasteiger partial charge >= 0.3 is 11.9 Å². The van der Waals surface area contributed by atoms with Crippen LogP contribution in [0.5, 0.6) is 0 Å². The van der Waals surface area contributed by atoms with Crippen molar-refractivity contribution in [1.29, 1.82) is 0 Å². The van der Waals surface area contributed by atoms with Crippen LogP contribution in [0.25, 0.3) is 0 Å². The molecule has 1 aromatic rings. The first kappa shape index (κ1) is 15.8. The van der Waals surface area contributed by atoms with Gasteiger partial charge in [-0.2, -0.15) is 0 Å². The maximum Gasteiger partial charge on any atom is 0.364 e. The molecular weight excluding hydrogens is 260 g/mol. The highest BCUT2D eigenvalue weighted by molar-refractivity contribution is 6.63. The number of rotatable bonds is 5. The second-order valence-corrected chi connectivity index (χ2v) is 4.58. The highest BCUT2D eigenvalue weighted by Crippen LogP contribution is 2.10. The fourth-order valence-corrected chi connectivity index (χ4v) is 1.26. The average Bonchev–Trinajstić information content (AvgIpc) is 2.35. The largest absolute Gasteiger partial charge is 0.458 e. The van der Waals surface area contributed by atoms with Crippen molar-refractivity contribution in [2.45, 2.75) is 39.9 Å². The van der Waals surface area contributed by atoms with Crippen molar-refractivity contribution in [2.75, 3.05) is 0 Å². The summed E-state index contributed by atoms with van der Waals surface area (Å²) in [4.78, 5) is 31.7. The van der Waals surface area contributed by atoms with E-state index in [9.17, 15) is 9.59 Å². The molecule has 0 aliphatic heterocycles. The molecule has 6 nitrogen and oxygen atoms in total. The van der Waals surface area contributed by atoms with Crippen LogP contribution >= 0.6 is 0 Å². The molecule has 0 amide bonds. The third kappa shape index (κ3) is 5.17. The Balaban J connectivity index is 3.04. The SMILES string of the molecule is CC(C)OC(=O)C(=Nc1cccnc1)C(=O)OC(C)C. The molecule has 1 rings (SSSR count). The molecule has 0 aromatic carbocycles. The first-order chi connectivity index (χ1) is 9.40. The van der Waals surface area contributed by atoms with Crippen LogP contribution in [0.4, 0.5) is 5.69 Å². The molecule has 6 heteroatoms. The molecule has 0 N–H and O–H groups in total. The maximum atomic E-state index is 11.9. The van der Waals surface area contributed by atoms with Gasteiger partial charge in [-0.05, 0) is 39.8 Å². The number of pyridine rings is 1. The summed E-state index contributed by atoms with van der Waals surface area (Å²) < 4.78 is 9.99. The summed E-state index contributed by atoms with van der Waals surface area (Å²) in [5, 5.41) is 0. The van der Waals surface area contributed by atoms with Gasteiger partial charge in [-0.3, -0.25) is 4.98 Å². The second-order valence-electron chi connectivity index (χ2n) is 4.58. The Morgan fingerprint density at radius 3 is 2.05 bits per heavy atom. The molecule has 20 heavy (non-hydrogen) atoms. The summed E-state index contributed by atoms with van der Waals surface area (Å²) in [5.74, 6) is -1.62. The molecule has 0 saturated heterocycles. The van der Waals surface area contributed by atoms with Crippen LogP contribution in [0.3, 0.4) is 0 Å². The predicted octanol–water partition coefficient (Wildman–Crippen LogP) is 2.06. The first-order valence-electron chi connectivity index (χ1n) is 6.30. The van der Waals surface area contributed by atoms with E-state index >= 15 is 0 Å². The Labute approximate surface area is 117 Å². The zero-order valence-electron chi connectivity index (χ0n) is 12.0. The number of esters is 2. The van der Waals surface area contributed by atoms with Crippen LogP contribution in [0.1, 0.15) is 27.7 Å². The van der Waals surface area contributed by atoms with Crippen LogP contribution in [-0.4, -0.2) is 34.8 Å². The van der Waals surface area contributed by atoms with Crippen LogP contribution in [0, 0.1) is 0 Å². The van der Waals surface area contributed by atoms with Crippen LogP contribution in [0.15, 0.2) is 29.5 Å². The van der Waals surface area contributed by atoms with Crippen LogP contribution in [-0.2, 0) is 19.1 Å². The van der Waals surface area contributed by atoms with Gasteiger partial charge in [-0.1, -0.05) is 0 Å².